The van der Waals surface area contributed by atoms with E-state index < -0.39 is 6.09 Å². The minimum Gasteiger partial charge on any atom is -0.465 e. The van der Waals surface area contributed by atoms with E-state index in [-0.39, 0.29) is 16.7 Å². The highest BCUT2D eigenvalue weighted by Crippen LogP contribution is 2.53. The van der Waals surface area contributed by atoms with Crippen LogP contribution >= 0.6 is 0 Å². The zero-order chi connectivity index (χ0) is 16.7. The predicted molar refractivity (Wildman–Crippen MR) is 87.2 cm³/mol. The molecule has 1 spiro atoms. The number of piperidine rings is 1. The standard InChI is InChI=1S/C17H29N3O3/c1-16(2)11-18-5-8-20(12-16)14(21)13-9-17(10-13)3-6-19(7-4-17)15(22)23/h13,18H,3-12H2,1-2H3,(H,22,23). The molecule has 1 saturated carbocycles. The molecule has 0 unspecified atom stereocenters. The number of amides is 2. The molecule has 2 N–H and O–H groups in total. The van der Waals surface area contributed by atoms with E-state index in [4.69, 9.17) is 5.11 Å². The van der Waals surface area contributed by atoms with Gasteiger partial charge in [-0.25, -0.2) is 4.79 Å². The highest BCUT2D eigenvalue weighted by Gasteiger charge is 2.50. The quantitative estimate of drug-likeness (QED) is 0.769. The topological polar surface area (TPSA) is 72.9 Å². The average Bonchev–Trinajstić information content (AvgIpc) is 2.65. The monoisotopic (exact) mass is 323 g/mol. The second-order valence-corrected chi connectivity index (χ2v) is 8.48. The van der Waals surface area contributed by atoms with Gasteiger partial charge in [-0.15, -0.1) is 0 Å². The van der Waals surface area contributed by atoms with Crippen molar-refractivity contribution in [2.45, 2.75) is 39.5 Å². The Morgan fingerprint density at radius 2 is 1.74 bits per heavy atom. The van der Waals surface area contributed by atoms with Crippen molar-refractivity contribution in [3.8, 4) is 0 Å². The summed E-state index contributed by atoms with van der Waals surface area (Å²) in [5.41, 5.74) is 0.353. The van der Waals surface area contributed by atoms with Crippen LogP contribution in [0.3, 0.4) is 0 Å². The summed E-state index contributed by atoms with van der Waals surface area (Å²) in [7, 11) is 0. The maximum atomic E-state index is 12.8. The largest absolute Gasteiger partial charge is 0.465 e. The maximum absolute atomic E-state index is 12.8. The van der Waals surface area contributed by atoms with Crippen molar-refractivity contribution in [2.75, 3.05) is 39.3 Å². The summed E-state index contributed by atoms with van der Waals surface area (Å²) in [5, 5.41) is 12.5. The van der Waals surface area contributed by atoms with Crippen LogP contribution in [0, 0.1) is 16.7 Å². The highest BCUT2D eigenvalue weighted by molar-refractivity contribution is 5.80. The second kappa shape index (κ2) is 5.96. The number of carbonyl (C=O) groups is 2. The zero-order valence-electron chi connectivity index (χ0n) is 14.3. The van der Waals surface area contributed by atoms with E-state index in [0.717, 1.165) is 51.9 Å². The smallest absolute Gasteiger partial charge is 0.407 e. The van der Waals surface area contributed by atoms with Gasteiger partial charge in [0.2, 0.25) is 5.91 Å². The van der Waals surface area contributed by atoms with Gasteiger partial charge in [0.15, 0.2) is 0 Å². The molecule has 0 aromatic rings. The van der Waals surface area contributed by atoms with Crippen molar-refractivity contribution in [2.24, 2.45) is 16.7 Å². The minimum atomic E-state index is -0.814. The SMILES string of the molecule is CC1(C)CNCCN(C(=O)C2CC3(CCN(C(=O)O)CC3)C2)C1. The second-order valence-electron chi connectivity index (χ2n) is 8.48. The van der Waals surface area contributed by atoms with Crippen LogP contribution in [0.25, 0.3) is 0 Å². The van der Waals surface area contributed by atoms with Gasteiger partial charge in [-0.05, 0) is 36.5 Å². The lowest BCUT2D eigenvalue weighted by Crippen LogP contribution is -2.53. The molecule has 6 nitrogen and oxygen atoms in total. The van der Waals surface area contributed by atoms with Crippen molar-refractivity contribution >= 4 is 12.0 Å². The van der Waals surface area contributed by atoms with Gasteiger partial charge in [0.05, 0.1) is 0 Å². The molecule has 2 amide bonds. The lowest BCUT2D eigenvalue weighted by molar-refractivity contribution is -0.146. The molecule has 0 aromatic carbocycles. The normalized spacial score (nSPS) is 27.4. The summed E-state index contributed by atoms with van der Waals surface area (Å²) in [4.78, 5) is 27.4. The molecule has 0 aromatic heterocycles. The van der Waals surface area contributed by atoms with Crippen LogP contribution < -0.4 is 5.32 Å². The van der Waals surface area contributed by atoms with E-state index in [9.17, 15) is 9.59 Å². The molecular formula is C17H29N3O3. The Morgan fingerprint density at radius 3 is 2.35 bits per heavy atom. The molecule has 0 atom stereocenters. The Morgan fingerprint density at radius 1 is 1.09 bits per heavy atom. The number of hydrogen-bond acceptors (Lipinski definition) is 3. The predicted octanol–water partition coefficient (Wildman–Crippen LogP) is 1.61. The number of nitrogens with one attached hydrogen (secondary N) is 1. The number of rotatable bonds is 1. The fourth-order valence-corrected chi connectivity index (χ4v) is 4.48. The Balaban J connectivity index is 1.53. The van der Waals surface area contributed by atoms with Crippen LogP contribution in [0.1, 0.15) is 39.5 Å². The summed E-state index contributed by atoms with van der Waals surface area (Å²) in [6.07, 6.45) is 2.91. The fourth-order valence-electron chi connectivity index (χ4n) is 4.48. The minimum absolute atomic E-state index is 0.125. The number of nitrogens with zero attached hydrogens (tertiary/aromatic N) is 2. The van der Waals surface area contributed by atoms with Gasteiger partial charge in [-0.1, -0.05) is 13.8 Å². The Kier molecular flexibility index (Phi) is 4.29. The summed E-state index contributed by atoms with van der Waals surface area (Å²) >= 11 is 0. The van der Waals surface area contributed by atoms with E-state index >= 15 is 0 Å². The molecule has 0 bridgehead atoms. The molecular weight excluding hydrogens is 294 g/mol. The number of carboxylic acid groups (broad SMARTS) is 1. The van der Waals surface area contributed by atoms with Gasteiger partial charge >= 0.3 is 6.09 Å². The third-order valence-corrected chi connectivity index (χ3v) is 5.90. The van der Waals surface area contributed by atoms with Gasteiger partial charge in [-0.2, -0.15) is 0 Å². The van der Waals surface area contributed by atoms with E-state index in [2.05, 4.69) is 19.2 Å². The average molecular weight is 323 g/mol. The first kappa shape index (κ1) is 16.6. The molecule has 1 aliphatic carbocycles. The van der Waals surface area contributed by atoms with Crippen LogP contribution in [0.5, 0.6) is 0 Å². The van der Waals surface area contributed by atoms with Crippen LogP contribution in [-0.4, -0.2) is 66.2 Å². The molecule has 2 heterocycles. The summed E-state index contributed by atoms with van der Waals surface area (Å²) in [5.74, 6) is 0.466. The van der Waals surface area contributed by atoms with Gasteiger partial charge < -0.3 is 20.2 Å². The molecule has 6 heteroatoms. The maximum Gasteiger partial charge on any atom is 0.407 e. The van der Waals surface area contributed by atoms with E-state index in [0.29, 0.717) is 19.0 Å². The van der Waals surface area contributed by atoms with Crippen LogP contribution in [0.15, 0.2) is 0 Å². The van der Waals surface area contributed by atoms with Crippen molar-refractivity contribution in [1.82, 2.24) is 15.1 Å². The van der Waals surface area contributed by atoms with Crippen molar-refractivity contribution in [1.29, 1.82) is 0 Å². The Labute approximate surface area is 138 Å². The van der Waals surface area contributed by atoms with Crippen molar-refractivity contribution in [3.63, 3.8) is 0 Å². The molecule has 23 heavy (non-hydrogen) atoms. The summed E-state index contributed by atoms with van der Waals surface area (Å²) < 4.78 is 0. The third-order valence-electron chi connectivity index (χ3n) is 5.90. The lowest BCUT2D eigenvalue weighted by atomic mass is 9.57. The first-order chi connectivity index (χ1) is 10.8. The van der Waals surface area contributed by atoms with E-state index in [1.165, 1.54) is 4.90 Å². The summed E-state index contributed by atoms with van der Waals surface area (Å²) in [6, 6.07) is 0. The molecule has 3 rings (SSSR count). The number of likely N-dealkylation sites (tertiary alicyclic amines) is 1. The molecule has 0 radical (unpaired) electrons. The lowest BCUT2D eigenvalue weighted by Gasteiger charge is -2.52. The fraction of sp³-hybridized carbons (Fsp3) is 0.882. The van der Waals surface area contributed by atoms with Crippen molar-refractivity contribution in [3.05, 3.63) is 0 Å². The molecule has 3 aliphatic rings. The highest BCUT2D eigenvalue weighted by atomic mass is 16.4. The molecule has 2 aliphatic heterocycles. The number of carbonyl (C=O) groups excluding carboxylic acids is 1. The van der Waals surface area contributed by atoms with Gasteiger partial charge in [-0.3, -0.25) is 4.79 Å². The third kappa shape index (κ3) is 3.47. The van der Waals surface area contributed by atoms with E-state index in [1.54, 1.807) is 0 Å². The van der Waals surface area contributed by atoms with Crippen LogP contribution in [0.2, 0.25) is 0 Å². The van der Waals surface area contributed by atoms with Crippen LogP contribution in [-0.2, 0) is 4.79 Å². The molecule has 2 saturated heterocycles. The first-order valence-electron chi connectivity index (χ1n) is 8.78. The van der Waals surface area contributed by atoms with Crippen molar-refractivity contribution < 1.29 is 14.7 Å². The van der Waals surface area contributed by atoms with Gasteiger partial charge in [0.25, 0.3) is 0 Å². The molecule has 3 fully saturated rings. The zero-order valence-corrected chi connectivity index (χ0v) is 14.3. The van der Waals surface area contributed by atoms with Gasteiger partial charge in [0.1, 0.15) is 0 Å². The summed E-state index contributed by atoms with van der Waals surface area (Å²) in [6.45, 7) is 9.11. The van der Waals surface area contributed by atoms with Crippen LogP contribution in [0.4, 0.5) is 4.79 Å². The Hall–Kier alpha value is -1.30. The van der Waals surface area contributed by atoms with E-state index in [1.807, 2.05) is 4.90 Å². The molecule has 130 valence electrons. The van der Waals surface area contributed by atoms with Gasteiger partial charge in [0, 0.05) is 45.2 Å². The number of hydrogen-bond donors (Lipinski definition) is 2. The first-order valence-corrected chi connectivity index (χ1v) is 8.78. The Bertz CT molecular complexity index is 475.